The molecule has 0 radical (unpaired) electrons. The molecule has 184 valence electrons. The number of nitrogens with zero attached hydrogens (tertiary/aromatic N) is 3. The molecule has 3 amide bonds. The first-order chi connectivity index (χ1) is 16.8. The fourth-order valence-corrected chi connectivity index (χ4v) is 3.22. The predicted molar refractivity (Wildman–Crippen MR) is 129 cm³/mol. The maximum atomic E-state index is 12.8. The van der Waals surface area contributed by atoms with E-state index in [4.69, 9.17) is 9.47 Å². The van der Waals surface area contributed by atoms with Gasteiger partial charge in [-0.25, -0.2) is 9.67 Å². The highest BCUT2D eigenvalue weighted by molar-refractivity contribution is 5.99. The van der Waals surface area contributed by atoms with Gasteiger partial charge in [-0.3, -0.25) is 14.4 Å². The van der Waals surface area contributed by atoms with Crippen molar-refractivity contribution in [2.75, 3.05) is 26.1 Å². The molecule has 35 heavy (non-hydrogen) atoms. The summed E-state index contributed by atoms with van der Waals surface area (Å²) in [5.41, 5.74) is 1.64. The van der Waals surface area contributed by atoms with Crippen LogP contribution in [-0.2, 0) is 9.59 Å². The summed E-state index contributed by atoms with van der Waals surface area (Å²) in [5, 5.41) is 12.1. The minimum absolute atomic E-state index is 0.223. The second-order valence-corrected chi connectivity index (χ2v) is 7.95. The smallest absolute Gasteiger partial charge is 0.252 e. The Morgan fingerprint density at radius 1 is 1.00 bits per heavy atom. The quantitative estimate of drug-likeness (QED) is 0.402. The molecule has 3 rings (SSSR count). The Morgan fingerprint density at radius 3 is 2.20 bits per heavy atom. The summed E-state index contributed by atoms with van der Waals surface area (Å²) in [6.07, 6.45) is 3.00. The fourth-order valence-electron chi connectivity index (χ4n) is 3.22. The average molecular weight is 481 g/mol. The number of rotatable bonds is 10. The van der Waals surface area contributed by atoms with Crippen LogP contribution in [0.1, 0.15) is 24.2 Å². The molecule has 0 spiro atoms. The molecule has 0 aliphatic carbocycles. The second-order valence-electron chi connectivity index (χ2n) is 7.95. The summed E-state index contributed by atoms with van der Waals surface area (Å²) in [5.74, 6) is -0.665. The molecular weight excluding hydrogens is 452 g/mol. The Balaban J connectivity index is 1.56. The summed E-state index contributed by atoms with van der Waals surface area (Å²) < 4.78 is 12.0. The highest BCUT2D eigenvalue weighted by Gasteiger charge is 2.25. The maximum Gasteiger partial charge on any atom is 0.252 e. The van der Waals surface area contributed by atoms with E-state index in [-0.39, 0.29) is 18.0 Å². The Kier molecular flexibility index (Phi) is 8.38. The molecule has 0 aliphatic rings. The van der Waals surface area contributed by atoms with Crippen molar-refractivity contribution in [3.8, 4) is 17.2 Å². The number of carbonyl (C=O) groups excluding carboxylic acids is 3. The van der Waals surface area contributed by atoms with Gasteiger partial charge in [0.25, 0.3) is 5.91 Å². The molecule has 0 saturated heterocycles. The van der Waals surface area contributed by atoms with Gasteiger partial charge in [0.1, 0.15) is 30.2 Å². The third kappa shape index (κ3) is 6.79. The summed E-state index contributed by atoms with van der Waals surface area (Å²) in [6, 6.07) is 10.9. The van der Waals surface area contributed by atoms with Crippen molar-refractivity contribution < 1.29 is 23.9 Å². The molecule has 1 unspecified atom stereocenters. The monoisotopic (exact) mass is 480 g/mol. The number of anilines is 1. The zero-order chi connectivity index (χ0) is 25.4. The lowest BCUT2D eigenvalue weighted by molar-refractivity contribution is -0.126. The van der Waals surface area contributed by atoms with Gasteiger partial charge in [-0.05, 0) is 42.3 Å². The maximum absolute atomic E-state index is 12.8. The number of benzene rings is 2. The van der Waals surface area contributed by atoms with E-state index in [1.165, 1.54) is 20.5 Å². The average Bonchev–Trinajstić information content (AvgIpc) is 3.40. The Labute approximate surface area is 202 Å². The van der Waals surface area contributed by atoms with Crippen molar-refractivity contribution in [1.82, 2.24) is 25.4 Å². The molecule has 0 aliphatic heterocycles. The van der Waals surface area contributed by atoms with E-state index in [0.717, 1.165) is 5.69 Å². The van der Waals surface area contributed by atoms with E-state index in [1.54, 1.807) is 67.3 Å². The first-order valence-corrected chi connectivity index (χ1v) is 10.9. The van der Waals surface area contributed by atoms with E-state index >= 15 is 0 Å². The molecule has 11 heteroatoms. The highest BCUT2D eigenvalue weighted by atomic mass is 16.5. The van der Waals surface area contributed by atoms with Crippen LogP contribution in [0.2, 0.25) is 0 Å². The number of hydrogen-bond donors (Lipinski definition) is 3. The van der Waals surface area contributed by atoms with Crippen LogP contribution >= 0.6 is 0 Å². The van der Waals surface area contributed by atoms with Gasteiger partial charge in [-0.15, -0.1) is 0 Å². The molecule has 3 aromatic rings. The number of hydrogen-bond acceptors (Lipinski definition) is 7. The Hall–Kier alpha value is -4.41. The number of aromatic nitrogens is 3. The SMILES string of the molecule is COc1cc(OC)cc(C(=O)NC(C(=O)NCC(=O)Nc2ccc(-n3cncn3)cc2)C(C)C)c1. The molecular formula is C24H28N6O5. The number of methoxy groups -OCH3 is 2. The van der Waals surface area contributed by atoms with Crippen LogP contribution in [0.25, 0.3) is 5.69 Å². The van der Waals surface area contributed by atoms with Crippen LogP contribution in [0.4, 0.5) is 5.69 Å². The van der Waals surface area contributed by atoms with Gasteiger partial charge in [-0.2, -0.15) is 5.10 Å². The topological polar surface area (TPSA) is 136 Å². The lowest BCUT2D eigenvalue weighted by Gasteiger charge is -2.22. The minimum atomic E-state index is -0.852. The summed E-state index contributed by atoms with van der Waals surface area (Å²) >= 11 is 0. The van der Waals surface area contributed by atoms with Gasteiger partial charge < -0.3 is 25.4 Å². The van der Waals surface area contributed by atoms with Gasteiger partial charge >= 0.3 is 0 Å². The summed E-state index contributed by atoms with van der Waals surface area (Å²) in [7, 11) is 2.97. The van der Waals surface area contributed by atoms with Crippen molar-refractivity contribution in [1.29, 1.82) is 0 Å². The zero-order valence-electron chi connectivity index (χ0n) is 19.9. The first kappa shape index (κ1) is 25.2. The normalized spacial score (nSPS) is 11.5. The van der Waals surface area contributed by atoms with Crippen LogP contribution in [0.3, 0.4) is 0 Å². The number of ether oxygens (including phenoxy) is 2. The highest BCUT2D eigenvalue weighted by Crippen LogP contribution is 2.22. The summed E-state index contributed by atoms with van der Waals surface area (Å²) in [6.45, 7) is 3.34. The van der Waals surface area contributed by atoms with Crippen LogP contribution in [0.5, 0.6) is 11.5 Å². The molecule has 1 atom stereocenters. The van der Waals surface area contributed by atoms with E-state index < -0.39 is 23.8 Å². The van der Waals surface area contributed by atoms with Gasteiger partial charge in [0.05, 0.1) is 26.5 Å². The largest absolute Gasteiger partial charge is 0.497 e. The van der Waals surface area contributed by atoms with Crippen molar-refractivity contribution in [2.45, 2.75) is 19.9 Å². The van der Waals surface area contributed by atoms with Gasteiger partial charge in [0, 0.05) is 17.3 Å². The van der Waals surface area contributed by atoms with E-state index in [1.807, 2.05) is 0 Å². The molecule has 0 fully saturated rings. The Bertz CT molecular complexity index is 1140. The molecule has 0 saturated carbocycles. The van der Waals surface area contributed by atoms with Crippen LogP contribution < -0.4 is 25.4 Å². The van der Waals surface area contributed by atoms with Gasteiger partial charge in [0.15, 0.2) is 0 Å². The molecule has 11 nitrogen and oxygen atoms in total. The van der Waals surface area contributed by atoms with Crippen LogP contribution in [0, 0.1) is 5.92 Å². The third-order valence-corrected chi connectivity index (χ3v) is 5.11. The van der Waals surface area contributed by atoms with Gasteiger partial charge in [0.2, 0.25) is 11.8 Å². The molecule has 1 aromatic heterocycles. The molecule has 2 aromatic carbocycles. The molecule has 1 heterocycles. The minimum Gasteiger partial charge on any atom is -0.497 e. The van der Waals surface area contributed by atoms with E-state index in [9.17, 15) is 14.4 Å². The van der Waals surface area contributed by atoms with Crippen molar-refractivity contribution in [3.05, 3.63) is 60.7 Å². The van der Waals surface area contributed by atoms with E-state index in [2.05, 4.69) is 26.0 Å². The van der Waals surface area contributed by atoms with Crippen molar-refractivity contribution >= 4 is 23.4 Å². The standard InChI is InChI=1S/C24H28N6O5/c1-15(2)22(29-23(32)16-9-19(34-3)11-20(10-16)35-4)24(33)26-12-21(31)28-17-5-7-18(8-6-17)30-14-25-13-27-30/h5-11,13-15,22H,12H2,1-4H3,(H,26,33)(H,28,31)(H,29,32). The molecule has 0 bridgehead atoms. The lowest BCUT2D eigenvalue weighted by Crippen LogP contribution is -2.51. The van der Waals surface area contributed by atoms with E-state index in [0.29, 0.717) is 17.2 Å². The van der Waals surface area contributed by atoms with Crippen LogP contribution in [0.15, 0.2) is 55.1 Å². The molecule has 3 N–H and O–H groups in total. The first-order valence-electron chi connectivity index (χ1n) is 10.9. The third-order valence-electron chi connectivity index (χ3n) is 5.11. The fraction of sp³-hybridized carbons (Fsp3) is 0.292. The predicted octanol–water partition coefficient (Wildman–Crippen LogP) is 1.79. The summed E-state index contributed by atoms with van der Waals surface area (Å²) in [4.78, 5) is 41.8. The zero-order valence-corrected chi connectivity index (χ0v) is 19.9. The van der Waals surface area contributed by atoms with Crippen LogP contribution in [-0.4, -0.2) is 59.3 Å². The Morgan fingerprint density at radius 2 is 1.66 bits per heavy atom. The number of carbonyl (C=O) groups is 3. The van der Waals surface area contributed by atoms with Crippen molar-refractivity contribution in [2.24, 2.45) is 5.92 Å². The van der Waals surface area contributed by atoms with Crippen molar-refractivity contribution in [3.63, 3.8) is 0 Å². The number of nitrogens with one attached hydrogen (secondary N) is 3. The van der Waals surface area contributed by atoms with Gasteiger partial charge in [-0.1, -0.05) is 13.8 Å². The second kappa shape index (κ2) is 11.6. The lowest BCUT2D eigenvalue weighted by atomic mass is 10.0. The number of amides is 3.